The average Bonchev–Trinajstić information content (AvgIpc) is 1.63. The van der Waals surface area contributed by atoms with Crippen molar-refractivity contribution in [3.05, 3.63) is 119 Å². The Bertz CT molecular complexity index is 4250. The van der Waals surface area contributed by atoms with Crippen LogP contribution in [0.1, 0.15) is 106 Å². The van der Waals surface area contributed by atoms with Gasteiger partial charge in [-0.1, -0.05) is 32.4 Å². The molecule has 478 valence electrons. The molecule has 3 aliphatic rings. The van der Waals surface area contributed by atoms with Gasteiger partial charge in [0.05, 0.1) is 53.5 Å². The molecule has 28 nitrogen and oxygen atoms in total. The number of pyridine rings is 1. The molecule has 89 heavy (non-hydrogen) atoms. The molecular formula is C55H54N5O23S6-5. The largest absolute Gasteiger partial charge is 0.748 e. The number of rotatable bonds is 28. The number of nitrogens with zero attached hydrogens (tertiary/aromatic N) is 4. The van der Waals surface area contributed by atoms with E-state index in [1.54, 1.807) is 73.6 Å². The zero-order valence-electron chi connectivity index (χ0n) is 47.5. The number of carbonyl (C=O) groups excluding carboxylic acids is 4. The monoisotopic (exact) mass is 1340 g/mol. The van der Waals surface area contributed by atoms with Crippen molar-refractivity contribution < 1.29 is 110 Å². The Hall–Kier alpha value is -6.58. The first-order chi connectivity index (χ1) is 41.8. The maximum Gasteiger partial charge on any atom is 0.333 e. The summed E-state index contributed by atoms with van der Waals surface area (Å²) in [6.45, 7) is 7.16. The van der Waals surface area contributed by atoms with E-state index in [1.165, 1.54) is 30.5 Å². The van der Waals surface area contributed by atoms with Gasteiger partial charge in [0, 0.05) is 113 Å². The van der Waals surface area contributed by atoms with Gasteiger partial charge in [0.15, 0.2) is 5.71 Å². The zero-order chi connectivity index (χ0) is 65.0. The Kier molecular flexibility index (Phi) is 21.1. The van der Waals surface area contributed by atoms with Crippen molar-refractivity contribution in [3.8, 4) is 0 Å². The number of unbranched alkanes of at least 4 members (excludes halogenated alkanes) is 2. The van der Waals surface area contributed by atoms with Crippen LogP contribution in [0.15, 0.2) is 116 Å². The summed E-state index contributed by atoms with van der Waals surface area (Å²) in [5.74, 6) is -3.10. The van der Waals surface area contributed by atoms with Crippen LogP contribution >= 0.6 is 24.1 Å². The Morgan fingerprint density at radius 3 is 2.03 bits per heavy atom. The Morgan fingerprint density at radius 1 is 0.742 bits per heavy atom. The second-order valence-electron chi connectivity index (χ2n) is 21.5. The van der Waals surface area contributed by atoms with Gasteiger partial charge in [0.1, 0.15) is 36.9 Å². The second kappa shape index (κ2) is 27.5. The highest BCUT2D eigenvalue weighted by molar-refractivity contribution is 7.95. The van der Waals surface area contributed by atoms with Crippen molar-refractivity contribution in [3.63, 3.8) is 0 Å². The fourth-order valence-corrected chi connectivity index (χ4v) is 14.4. The third kappa shape index (κ3) is 15.6. The lowest BCUT2D eigenvalue weighted by Crippen LogP contribution is -2.31. The molecule has 0 saturated carbocycles. The van der Waals surface area contributed by atoms with E-state index in [0.29, 0.717) is 99.3 Å². The van der Waals surface area contributed by atoms with E-state index in [4.69, 9.17) is 4.84 Å². The van der Waals surface area contributed by atoms with E-state index in [-0.39, 0.29) is 89.8 Å². The molecule has 1 saturated heterocycles. The predicted octanol–water partition coefficient (Wildman–Crippen LogP) is 4.12. The molecule has 0 unspecified atom stereocenters. The van der Waals surface area contributed by atoms with Gasteiger partial charge in [-0.05, 0) is 121 Å². The molecule has 4 aromatic carbocycles. The highest BCUT2D eigenvalue weighted by Crippen LogP contribution is 2.52. The van der Waals surface area contributed by atoms with Crippen LogP contribution in [0.5, 0.6) is 0 Å². The van der Waals surface area contributed by atoms with Crippen LogP contribution in [0, 0.1) is 0 Å². The second-order valence-corrected chi connectivity index (χ2v) is 28.6. The van der Waals surface area contributed by atoms with Crippen LogP contribution in [0.3, 0.4) is 0 Å². The van der Waals surface area contributed by atoms with Crippen molar-refractivity contribution in [1.29, 1.82) is 0 Å². The van der Waals surface area contributed by atoms with Crippen LogP contribution in [-0.2, 0) is 89.3 Å². The third-order valence-corrected chi connectivity index (χ3v) is 19.5. The highest BCUT2D eigenvalue weighted by atomic mass is 32.2. The van der Waals surface area contributed by atoms with Gasteiger partial charge in [0.25, 0.3) is 17.7 Å². The lowest BCUT2D eigenvalue weighted by molar-refractivity contribution is -0.777. The van der Waals surface area contributed by atoms with Crippen molar-refractivity contribution in [2.24, 2.45) is 0 Å². The van der Waals surface area contributed by atoms with Crippen LogP contribution in [0.25, 0.3) is 27.1 Å². The van der Waals surface area contributed by atoms with Gasteiger partial charge >= 0.3 is 5.97 Å². The number of hydrogen-bond acceptors (Lipinski definition) is 27. The number of allylic oxidation sites excluding steroid dienone is 6. The molecule has 1 aromatic heterocycles. The molecule has 0 bridgehead atoms. The molecule has 0 radical (unpaired) electrons. The maximum atomic E-state index is 13.5. The van der Waals surface area contributed by atoms with Crippen molar-refractivity contribution in [2.75, 3.05) is 36.0 Å². The number of hydrogen-bond donors (Lipinski definition) is 1. The van der Waals surface area contributed by atoms with E-state index in [0.717, 1.165) is 18.2 Å². The van der Waals surface area contributed by atoms with E-state index < -0.39 is 95.4 Å². The molecule has 0 aliphatic carbocycles. The number of amides is 3. The zero-order valence-corrected chi connectivity index (χ0v) is 52.4. The molecule has 3 aliphatic heterocycles. The molecule has 4 heterocycles. The summed E-state index contributed by atoms with van der Waals surface area (Å²) in [6, 6.07) is 12.7. The van der Waals surface area contributed by atoms with E-state index in [2.05, 4.69) is 29.0 Å². The summed E-state index contributed by atoms with van der Waals surface area (Å²) in [6.07, 6.45) is 8.95. The third-order valence-electron chi connectivity index (χ3n) is 15.0. The molecule has 0 atom stereocenters. The Balaban J connectivity index is 1.23. The molecular weight excluding hydrogens is 1290 g/mol. The fraction of sp³-hybridized carbons (Fsp3) is 0.345. The number of nitrogens with one attached hydrogen (secondary N) is 1. The van der Waals surface area contributed by atoms with Crippen molar-refractivity contribution in [1.82, 2.24) is 15.4 Å². The fourth-order valence-electron chi connectivity index (χ4n) is 11.1. The van der Waals surface area contributed by atoms with Crippen LogP contribution < -0.4 is 20.7 Å². The predicted molar refractivity (Wildman–Crippen MR) is 309 cm³/mol. The van der Waals surface area contributed by atoms with Crippen molar-refractivity contribution >= 4 is 132 Å². The number of imide groups is 1. The Morgan fingerprint density at radius 2 is 1.40 bits per heavy atom. The number of benzene rings is 4. The van der Waals surface area contributed by atoms with Crippen LogP contribution in [0.2, 0.25) is 0 Å². The molecule has 5 aromatic rings. The first-order valence-electron chi connectivity index (χ1n) is 26.9. The highest BCUT2D eigenvalue weighted by Gasteiger charge is 2.46. The van der Waals surface area contributed by atoms with Gasteiger partial charge in [-0.2, -0.15) is 13.2 Å². The normalized spacial score (nSPS) is 16.6. The van der Waals surface area contributed by atoms with Gasteiger partial charge in [-0.15, -0.1) is 5.06 Å². The molecule has 8 rings (SSSR count). The summed E-state index contributed by atoms with van der Waals surface area (Å²) < 4.78 is 160. The molecule has 0 spiro atoms. The van der Waals surface area contributed by atoms with Crippen LogP contribution in [0.4, 0.5) is 11.4 Å². The van der Waals surface area contributed by atoms with Crippen LogP contribution in [-0.4, -0.2) is 127 Å². The van der Waals surface area contributed by atoms with Crippen molar-refractivity contribution in [2.45, 2.75) is 109 Å². The SMILES string of the molecule is CC1(C)C(/C=C/C(=C/C=C2/N(CCCSOO[O-])c3ccc4c(S(=O)(=O)[O-])cc(S(=O)(=O)[O-])cc4c3C2(C)C)c2ccc(C(=O)NCCCCCC(=O)ON3C(=O)CCC3=O)cn2)=[N+](CCCS(=O)(=O)[O-])c2ccc3c(SOO[O-])cc(S(=O)(=O)[O-])cc3c21. The number of hydroxylamine groups is 2. The van der Waals surface area contributed by atoms with Gasteiger partial charge in [-0.3, -0.25) is 29.4 Å². The van der Waals surface area contributed by atoms with E-state index >= 15 is 0 Å². The summed E-state index contributed by atoms with van der Waals surface area (Å²) in [4.78, 5) is 58.2. The standard InChI is InChI=1S/C55H59N5O23S6/c1-54(2)47(59(25-9-27-86(67,68)69)42-17-14-37-39(51(42)54)28-35(87(70,71)72)30-44(37)85-83-81-66)20-13-33(41-16-11-34(32-57-41)53(64)56-23-7-5-6-10-50(63)79-60-48(61)21-22-49(60)62)12-19-46-55(3,4)52-40-29-36(88(73,74)75)31-45(89(76,77)78)38(40)15-18-43(52)58(46)24-8-26-84-82-80-65/h11-20,28-32H,5-10,21-27H2,1-4H3,(H6-,56,64,65,66,67,68,69,70,71,72,73,74,75,76,77,78)/p-5. The minimum Gasteiger partial charge on any atom is -0.748 e. The number of fused-ring (bicyclic) bond motifs is 6. The quantitative estimate of drug-likeness (QED) is 0.0107. The lowest BCUT2D eigenvalue weighted by atomic mass is 9.79. The summed E-state index contributed by atoms with van der Waals surface area (Å²) in [7, 11) is -20.7. The number of carbonyl (C=O) groups is 4. The molecule has 34 heteroatoms. The lowest BCUT2D eigenvalue weighted by Gasteiger charge is -2.27. The minimum atomic E-state index is -5.39. The van der Waals surface area contributed by atoms with E-state index in [9.17, 15) is 81.6 Å². The summed E-state index contributed by atoms with van der Waals surface area (Å²) in [5.41, 5.74) is 0.614. The topological polar surface area (TPSA) is 424 Å². The number of anilines is 1. The number of aromatic nitrogens is 1. The van der Waals surface area contributed by atoms with Gasteiger partial charge < -0.3 is 43.8 Å². The summed E-state index contributed by atoms with van der Waals surface area (Å²) in [5, 5.41) is 32.2. The molecule has 1 fully saturated rings. The minimum absolute atomic E-state index is 0.00274. The summed E-state index contributed by atoms with van der Waals surface area (Å²) >= 11 is 1.04. The molecule has 1 N–H and O–H groups in total. The van der Waals surface area contributed by atoms with Gasteiger partial charge in [-0.25, -0.2) is 38.5 Å². The maximum absolute atomic E-state index is 13.5. The Labute approximate surface area is 519 Å². The smallest absolute Gasteiger partial charge is 0.333 e. The van der Waals surface area contributed by atoms with E-state index in [1.807, 2.05) is 0 Å². The first kappa shape index (κ1) is 68.3. The van der Waals surface area contributed by atoms with Gasteiger partial charge in [0.2, 0.25) is 5.69 Å². The first-order valence-corrected chi connectivity index (χ1v) is 34.3. The average molecular weight is 1350 g/mol. The molecule has 3 amide bonds.